The molecule has 1 aromatic carbocycles. The van der Waals surface area contributed by atoms with E-state index in [0.717, 1.165) is 18.7 Å². The Morgan fingerprint density at radius 1 is 0.950 bits per heavy atom. The van der Waals surface area contributed by atoms with Crippen molar-refractivity contribution in [2.75, 3.05) is 13.1 Å². The molecule has 1 amide bonds. The molecule has 1 aliphatic heterocycles. The second-order valence-corrected chi connectivity index (χ2v) is 7.61. The Balaban J connectivity index is 1.62. The molecule has 0 aromatic heterocycles. The fourth-order valence-corrected chi connectivity index (χ4v) is 4.12. The summed E-state index contributed by atoms with van der Waals surface area (Å²) in [5, 5.41) is 0. The number of carbonyl (C=O) groups excluding carboxylic acids is 1. The van der Waals surface area contributed by atoms with E-state index in [-0.39, 0.29) is 5.91 Å². The van der Waals surface area contributed by atoms with Gasteiger partial charge in [-0.25, -0.2) is 0 Å². The van der Waals surface area contributed by atoms with E-state index in [9.17, 15) is 4.79 Å². The molecule has 0 radical (unpaired) electrons. The van der Waals surface area contributed by atoms with Crippen molar-refractivity contribution in [2.24, 2.45) is 5.41 Å². The predicted molar refractivity (Wildman–Crippen MR) is 89.8 cm³/mol. The Labute approximate surface area is 135 Å². The highest BCUT2D eigenvalue weighted by Gasteiger charge is 2.36. The van der Waals surface area contributed by atoms with Crippen LogP contribution in [-0.2, 0) is 0 Å². The maximum Gasteiger partial charge on any atom is 0.253 e. The number of piperidine rings is 1. The summed E-state index contributed by atoms with van der Waals surface area (Å²) in [6.07, 6.45) is 9.40. The lowest BCUT2D eigenvalue weighted by Crippen LogP contribution is -2.43. The minimum Gasteiger partial charge on any atom is -0.339 e. The van der Waals surface area contributed by atoms with Crippen LogP contribution >= 0.6 is 22.6 Å². The number of benzene rings is 1. The molecule has 1 saturated carbocycles. The average molecular weight is 383 g/mol. The highest BCUT2D eigenvalue weighted by atomic mass is 127. The summed E-state index contributed by atoms with van der Waals surface area (Å²) in [6, 6.07) is 7.94. The van der Waals surface area contributed by atoms with E-state index in [1.54, 1.807) is 0 Å². The molecule has 0 atom stereocenters. The van der Waals surface area contributed by atoms with Gasteiger partial charge in [0, 0.05) is 22.2 Å². The third-order valence-electron chi connectivity index (χ3n) is 5.12. The normalized spacial score (nSPS) is 21.9. The second kappa shape index (κ2) is 6.04. The first-order valence-corrected chi connectivity index (χ1v) is 8.81. The zero-order chi connectivity index (χ0) is 14.0. The molecule has 2 fully saturated rings. The monoisotopic (exact) mass is 383 g/mol. The van der Waals surface area contributed by atoms with Gasteiger partial charge in [-0.15, -0.1) is 0 Å². The van der Waals surface area contributed by atoms with E-state index >= 15 is 0 Å². The Bertz CT molecular complexity index is 466. The Morgan fingerprint density at radius 2 is 1.55 bits per heavy atom. The topological polar surface area (TPSA) is 20.3 Å². The van der Waals surface area contributed by atoms with Crippen molar-refractivity contribution >= 4 is 28.5 Å². The lowest BCUT2D eigenvalue weighted by atomic mass is 9.68. The number of halogens is 1. The number of nitrogens with zero attached hydrogens (tertiary/aromatic N) is 1. The minimum absolute atomic E-state index is 0.215. The molecule has 1 aromatic rings. The maximum atomic E-state index is 12.5. The highest BCUT2D eigenvalue weighted by Crippen LogP contribution is 2.44. The molecule has 20 heavy (non-hydrogen) atoms. The molecule has 1 saturated heterocycles. The minimum atomic E-state index is 0.215. The first kappa shape index (κ1) is 14.4. The van der Waals surface area contributed by atoms with Crippen molar-refractivity contribution in [3.05, 3.63) is 33.4 Å². The van der Waals surface area contributed by atoms with Crippen LogP contribution in [0.15, 0.2) is 24.3 Å². The van der Waals surface area contributed by atoms with Crippen molar-refractivity contribution < 1.29 is 4.79 Å². The molecule has 108 valence electrons. The van der Waals surface area contributed by atoms with Crippen molar-refractivity contribution in [3.8, 4) is 0 Å². The van der Waals surface area contributed by atoms with Crippen molar-refractivity contribution in [3.63, 3.8) is 0 Å². The third-order valence-corrected chi connectivity index (χ3v) is 5.84. The van der Waals surface area contributed by atoms with Crippen LogP contribution in [0.2, 0.25) is 0 Å². The Kier molecular flexibility index (Phi) is 4.34. The Morgan fingerprint density at radius 3 is 2.15 bits per heavy atom. The van der Waals surface area contributed by atoms with E-state index in [4.69, 9.17) is 0 Å². The van der Waals surface area contributed by atoms with Gasteiger partial charge >= 0.3 is 0 Å². The van der Waals surface area contributed by atoms with Gasteiger partial charge in [-0.05, 0) is 78.0 Å². The van der Waals surface area contributed by atoms with Gasteiger partial charge in [0.2, 0.25) is 0 Å². The molecular weight excluding hydrogens is 361 g/mol. The number of carbonyl (C=O) groups is 1. The molecule has 0 unspecified atom stereocenters. The molecule has 1 spiro atoms. The van der Waals surface area contributed by atoms with Crippen LogP contribution in [0.5, 0.6) is 0 Å². The predicted octanol–water partition coefficient (Wildman–Crippen LogP) is 4.48. The molecule has 0 N–H and O–H groups in total. The SMILES string of the molecule is O=C(c1ccc(I)cc1)N1CCC2(CCCCC2)CC1. The van der Waals surface area contributed by atoms with E-state index in [0.29, 0.717) is 5.41 Å². The van der Waals surface area contributed by atoms with Gasteiger partial charge in [0.1, 0.15) is 0 Å². The van der Waals surface area contributed by atoms with Gasteiger partial charge in [0.25, 0.3) is 5.91 Å². The van der Waals surface area contributed by atoms with Crippen LogP contribution in [0.3, 0.4) is 0 Å². The zero-order valence-corrected chi connectivity index (χ0v) is 14.1. The summed E-state index contributed by atoms with van der Waals surface area (Å²) in [5.41, 5.74) is 1.41. The summed E-state index contributed by atoms with van der Waals surface area (Å²) in [4.78, 5) is 14.6. The number of amides is 1. The van der Waals surface area contributed by atoms with Crippen LogP contribution in [-0.4, -0.2) is 23.9 Å². The quantitative estimate of drug-likeness (QED) is 0.655. The van der Waals surface area contributed by atoms with Crippen LogP contribution in [0.1, 0.15) is 55.3 Å². The number of rotatable bonds is 1. The average Bonchev–Trinajstić information content (AvgIpc) is 2.49. The van der Waals surface area contributed by atoms with Crippen LogP contribution in [0.4, 0.5) is 0 Å². The van der Waals surface area contributed by atoms with Crippen molar-refractivity contribution in [2.45, 2.75) is 44.9 Å². The summed E-state index contributed by atoms with van der Waals surface area (Å²) >= 11 is 2.27. The molecule has 0 bridgehead atoms. The van der Waals surface area contributed by atoms with E-state index in [1.165, 1.54) is 48.5 Å². The molecule has 3 heteroatoms. The summed E-state index contributed by atoms with van der Waals surface area (Å²) in [6.45, 7) is 1.90. The fraction of sp³-hybridized carbons (Fsp3) is 0.588. The van der Waals surface area contributed by atoms with Gasteiger partial charge in [-0.2, -0.15) is 0 Å². The maximum absolute atomic E-state index is 12.5. The van der Waals surface area contributed by atoms with Gasteiger partial charge in [0.15, 0.2) is 0 Å². The van der Waals surface area contributed by atoms with Crippen LogP contribution < -0.4 is 0 Å². The van der Waals surface area contributed by atoms with Gasteiger partial charge in [-0.3, -0.25) is 4.79 Å². The summed E-state index contributed by atoms with van der Waals surface area (Å²) in [5.74, 6) is 0.215. The van der Waals surface area contributed by atoms with E-state index < -0.39 is 0 Å². The zero-order valence-electron chi connectivity index (χ0n) is 11.9. The van der Waals surface area contributed by atoms with Crippen molar-refractivity contribution in [1.82, 2.24) is 4.90 Å². The smallest absolute Gasteiger partial charge is 0.253 e. The molecule has 1 aliphatic carbocycles. The molecular formula is C17H22INO. The third kappa shape index (κ3) is 3.02. The molecule has 2 nitrogen and oxygen atoms in total. The summed E-state index contributed by atoms with van der Waals surface area (Å²) < 4.78 is 1.18. The van der Waals surface area contributed by atoms with Crippen LogP contribution in [0, 0.1) is 8.99 Å². The lowest BCUT2D eigenvalue weighted by molar-refractivity contribution is 0.0472. The molecule has 2 aliphatic rings. The number of hydrogen-bond donors (Lipinski definition) is 0. The molecule has 3 rings (SSSR count). The van der Waals surface area contributed by atoms with Gasteiger partial charge in [-0.1, -0.05) is 19.3 Å². The first-order valence-electron chi connectivity index (χ1n) is 7.73. The molecule has 1 heterocycles. The fourth-order valence-electron chi connectivity index (χ4n) is 3.76. The standard InChI is InChI=1S/C17H22INO/c18-15-6-4-14(5-7-15)16(20)19-12-10-17(11-13-19)8-2-1-3-9-17/h4-7H,1-3,8-13H2. The van der Waals surface area contributed by atoms with Gasteiger partial charge in [0.05, 0.1) is 0 Å². The largest absolute Gasteiger partial charge is 0.339 e. The van der Waals surface area contributed by atoms with Crippen LogP contribution in [0.25, 0.3) is 0 Å². The van der Waals surface area contributed by atoms with E-state index in [1.807, 2.05) is 24.3 Å². The van der Waals surface area contributed by atoms with Crippen molar-refractivity contribution in [1.29, 1.82) is 0 Å². The highest BCUT2D eigenvalue weighted by molar-refractivity contribution is 14.1. The van der Waals surface area contributed by atoms with E-state index in [2.05, 4.69) is 27.5 Å². The number of hydrogen-bond acceptors (Lipinski definition) is 1. The first-order chi connectivity index (χ1) is 9.69. The number of likely N-dealkylation sites (tertiary alicyclic amines) is 1. The summed E-state index contributed by atoms with van der Waals surface area (Å²) in [7, 11) is 0. The lowest BCUT2D eigenvalue weighted by Gasteiger charge is -2.44. The Hall–Kier alpha value is -0.580. The van der Waals surface area contributed by atoms with Gasteiger partial charge < -0.3 is 4.90 Å². The second-order valence-electron chi connectivity index (χ2n) is 6.36.